The smallest absolute Gasteiger partial charge is 0.323 e. The van der Waals surface area contributed by atoms with Gasteiger partial charge in [-0.25, -0.2) is 0 Å². The highest BCUT2D eigenvalue weighted by Crippen LogP contribution is 2.31. The van der Waals surface area contributed by atoms with Crippen LogP contribution in [-0.2, 0) is 9.53 Å². The van der Waals surface area contributed by atoms with Gasteiger partial charge in [-0.3, -0.25) is 9.69 Å². The molecular formula is C16H21NO2. The maximum Gasteiger partial charge on any atom is 0.323 e. The number of hydrogen-bond donors (Lipinski definition) is 0. The van der Waals surface area contributed by atoms with Crippen molar-refractivity contribution in [2.24, 2.45) is 0 Å². The van der Waals surface area contributed by atoms with Crippen LogP contribution < -0.4 is 0 Å². The highest BCUT2D eigenvalue weighted by molar-refractivity contribution is 5.78. The van der Waals surface area contributed by atoms with Crippen LogP contribution in [0.2, 0.25) is 0 Å². The summed E-state index contributed by atoms with van der Waals surface area (Å²) in [5.41, 5.74) is 1.43. The second-order valence-electron chi connectivity index (χ2n) is 5.72. The number of hydrogen-bond acceptors (Lipinski definition) is 3. The molecule has 0 radical (unpaired) electrons. The van der Waals surface area contributed by atoms with Gasteiger partial charge in [0.2, 0.25) is 0 Å². The molecule has 0 N–H and O–H groups in total. The zero-order chi connectivity index (χ0) is 13.2. The molecule has 0 unspecified atom stereocenters. The van der Waals surface area contributed by atoms with Crippen LogP contribution in [0.5, 0.6) is 0 Å². The zero-order valence-corrected chi connectivity index (χ0v) is 11.4. The van der Waals surface area contributed by atoms with Gasteiger partial charge < -0.3 is 4.74 Å². The summed E-state index contributed by atoms with van der Waals surface area (Å²) in [5, 5.41) is 0. The highest BCUT2D eigenvalue weighted by Gasteiger charge is 2.37. The molecule has 2 aliphatic heterocycles. The molecule has 0 amide bonds. The Labute approximate surface area is 114 Å². The van der Waals surface area contributed by atoms with Crippen LogP contribution in [0.3, 0.4) is 0 Å². The Kier molecular flexibility index (Phi) is 3.56. The number of carbonyl (C=O) groups is 1. The first kappa shape index (κ1) is 12.7. The average Bonchev–Trinajstić information content (AvgIpc) is 2.79. The Morgan fingerprint density at radius 2 is 1.84 bits per heavy atom. The summed E-state index contributed by atoms with van der Waals surface area (Å²) in [6, 6.07) is 10.7. The molecule has 0 aliphatic carbocycles. The van der Waals surface area contributed by atoms with Gasteiger partial charge in [0, 0.05) is 6.42 Å². The number of nitrogens with zero attached hydrogens (tertiary/aromatic N) is 1. The van der Waals surface area contributed by atoms with Crippen molar-refractivity contribution in [3.63, 3.8) is 0 Å². The molecule has 102 valence electrons. The molecule has 0 saturated carbocycles. The Balaban J connectivity index is 1.59. The van der Waals surface area contributed by atoms with Crippen LogP contribution in [0.25, 0.3) is 0 Å². The topological polar surface area (TPSA) is 29.5 Å². The molecule has 2 aliphatic rings. The third-order valence-electron chi connectivity index (χ3n) is 4.39. The lowest BCUT2D eigenvalue weighted by Crippen LogP contribution is -2.43. The first-order chi connectivity index (χ1) is 9.24. The molecule has 19 heavy (non-hydrogen) atoms. The number of cyclic esters (lactones) is 1. The lowest BCUT2D eigenvalue weighted by atomic mass is 9.89. The SMILES string of the molecule is C[C@@H]1C[C@H](N2CCC(c3ccccc3)CC2)C(=O)O1. The molecule has 1 aromatic carbocycles. The maximum atomic E-state index is 11.8. The van der Waals surface area contributed by atoms with E-state index >= 15 is 0 Å². The van der Waals surface area contributed by atoms with Gasteiger partial charge >= 0.3 is 5.97 Å². The second kappa shape index (κ2) is 5.33. The molecule has 3 heteroatoms. The predicted molar refractivity (Wildman–Crippen MR) is 73.9 cm³/mol. The van der Waals surface area contributed by atoms with E-state index in [0.717, 1.165) is 32.4 Å². The van der Waals surface area contributed by atoms with Crippen molar-refractivity contribution in [3.8, 4) is 0 Å². The van der Waals surface area contributed by atoms with Crippen LogP contribution in [0.1, 0.15) is 37.7 Å². The minimum atomic E-state index is -0.0225. The molecule has 0 spiro atoms. The summed E-state index contributed by atoms with van der Waals surface area (Å²) in [6.07, 6.45) is 3.23. The van der Waals surface area contributed by atoms with Crippen molar-refractivity contribution in [2.75, 3.05) is 13.1 Å². The van der Waals surface area contributed by atoms with Gasteiger partial charge in [-0.15, -0.1) is 0 Å². The average molecular weight is 259 g/mol. The fourth-order valence-corrected chi connectivity index (χ4v) is 3.30. The van der Waals surface area contributed by atoms with E-state index in [0.29, 0.717) is 5.92 Å². The normalized spacial score (nSPS) is 29.4. The van der Waals surface area contributed by atoms with E-state index in [4.69, 9.17) is 4.74 Å². The number of carbonyl (C=O) groups excluding carboxylic acids is 1. The zero-order valence-electron chi connectivity index (χ0n) is 11.4. The number of esters is 1. The summed E-state index contributed by atoms with van der Waals surface area (Å²) in [5.74, 6) is 0.623. The van der Waals surface area contributed by atoms with E-state index < -0.39 is 0 Å². The van der Waals surface area contributed by atoms with E-state index in [2.05, 4.69) is 35.2 Å². The van der Waals surface area contributed by atoms with Gasteiger partial charge in [0.05, 0.1) is 0 Å². The Morgan fingerprint density at radius 1 is 1.16 bits per heavy atom. The molecule has 0 bridgehead atoms. The lowest BCUT2D eigenvalue weighted by molar-refractivity contribution is -0.145. The Morgan fingerprint density at radius 3 is 2.42 bits per heavy atom. The van der Waals surface area contributed by atoms with E-state index in [9.17, 15) is 4.79 Å². The van der Waals surface area contributed by atoms with E-state index in [-0.39, 0.29) is 18.1 Å². The molecule has 2 saturated heterocycles. The van der Waals surface area contributed by atoms with Crippen LogP contribution >= 0.6 is 0 Å². The Bertz CT molecular complexity index is 437. The van der Waals surface area contributed by atoms with Gasteiger partial charge in [0.1, 0.15) is 12.1 Å². The molecule has 2 fully saturated rings. The molecule has 3 nitrogen and oxygen atoms in total. The molecule has 2 heterocycles. The van der Waals surface area contributed by atoms with Gasteiger partial charge in [0.15, 0.2) is 0 Å². The highest BCUT2D eigenvalue weighted by atomic mass is 16.6. The van der Waals surface area contributed by atoms with Crippen molar-refractivity contribution in [1.29, 1.82) is 0 Å². The minimum Gasteiger partial charge on any atom is -0.461 e. The molecular weight excluding hydrogens is 238 g/mol. The lowest BCUT2D eigenvalue weighted by Gasteiger charge is -2.34. The van der Waals surface area contributed by atoms with Gasteiger partial charge in [-0.05, 0) is 44.3 Å². The van der Waals surface area contributed by atoms with Crippen LogP contribution in [0.15, 0.2) is 30.3 Å². The second-order valence-corrected chi connectivity index (χ2v) is 5.72. The first-order valence-electron chi connectivity index (χ1n) is 7.23. The summed E-state index contributed by atoms with van der Waals surface area (Å²) < 4.78 is 5.26. The van der Waals surface area contributed by atoms with Crippen molar-refractivity contribution < 1.29 is 9.53 Å². The van der Waals surface area contributed by atoms with Crippen molar-refractivity contribution in [1.82, 2.24) is 4.90 Å². The number of rotatable bonds is 2. The van der Waals surface area contributed by atoms with Crippen molar-refractivity contribution in [2.45, 2.75) is 44.2 Å². The maximum absolute atomic E-state index is 11.8. The van der Waals surface area contributed by atoms with E-state index in [1.807, 2.05) is 6.92 Å². The summed E-state index contributed by atoms with van der Waals surface area (Å²) >= 11 is 0. The first-order valence-corrected chi connectivity index (χ1v) is 7.23. The van der Waals surface area contributed by atoms with Crippen LogP contribution in [-0.4, -0.2) is 36.1 Å². The van der Waals surface area contributed by atoms with E-state index in [1.165, 1.54) is 5.56 Å². The predicted octanol–water partition coefficient (Wildman–Crippen LogP) is 2.57. The number of likely N-dealkylation sites (tertiary alicyclic amines) is 1. The van der Waals surface area contributed by atoms with Crippen molar-refractivity contribution >= 4 is 5.97 Å². The fourth-order valence-electron chi connectivity index (χ4n) is 3.30. The van der Waals surface area contributed by atoms with Crippen molar-refractivity contribution in [3.05, 3.63) is 35.9 Å². The Hall–Kier alpha value is -1.35. The quantitative estimate of drug-likeness (QED) is 0.765. The van der Waals surface area contributed by atoms with E-state index in [1.54, 1.807) is 0 Å². The van der Waals surface area contributed by atoms with Gasteiger partial charge in [0.25, 0.3) is 0 Å². The molecule has 2 atom stereocenters. The third kappa shape index (κ3) is 2.66. The molecule has 0 aromatic heterocycles. The van der Waals surface area contributed by atoms with Crippen LogP contribution in [0, 0.1) is 0 Å². The number of piperidine rings is 1. The summed E-state index contributed by atoms with van der Waals surface area (Å²) in [7, 11) is 0. The third-order valence-corrected chi connectivity index (χ3v) is 4.39. The largest absolute Gasteiger partial charge is 0.461 e. The standard InChI is InChI=1S/C16H21NO2/c1-12-11-15(16(18)19-12)17-9-7-14(8-10-17)13-5-3-2-4-6-13/h2-6,12,14-15H,7-11H2,1H3/t12-,15+/m1/s1. The van der Waals surface area contributed by atoms with Gasteiger partial charge in [-0.2, -0.15) is 0 Å². The molecule has 1 aromatic rings. The minimum absolute atomic E-state index is 0.00623. The monoisotopic (exact) mass is 259 g/mol. The summed E-state index contributed by atoms with van der Waals surface area (Å²) in [6.45, 7) is 3.99. The summed E-state index contributed by atoms with van der Waals surface area (Å²) in [4.78, 5) is 14.1. The fraction of sp³-hybridized carbons (Fsp3) is 0.562. The van der Waals surface area contributed by atoms with Crippen LogP contribution in [0.4, 0.5) is 0 Å². The van der Waals surface area contributed by atoms with Gasteiger partial charge in [-0.1, -0.05) is 30.3 Å². The number of benzene rings is 1. The molecule has 3 rings (SSSR count). The number of ether oxygens (including phenoxy) is 1.